The highest BCUT2D eigenvalue weighted by molar-refractivity contribution is 5.99. The van der Waals surface area contributed by atoms with E-state index >= 15 is 0 Å². The van der Waals surface area contributed by atoms with E-state index in [-0.39, 0.29) is 76.0 Å². The second kappa shape index (κ2) is 33.4. The molecule has 12 atom stereocenters. The number of primary amides is 1. The summed E-state index contributed by atoms with van der Waals surface area (Å²) in [7, 11) is 0. The van der Waals surface area contributed by atoms with E-state index in [9.17, 15) is 68.1 Å². The molecule has 1 aliphatic heterocycles. The number of nitrogens with two attached hydrogens (primary N) is 3. The van der Waals surface area contributed by atoms with Crippen molar-refractivity contribution in [3.05, 3.63) is 0 Å². The van der Waals surface area contributed by atoms with Gasteiger partial charge < -0.3 is 85.3 Å². The van der Waals surface area contributed by atoms with Crippen LogP contribution in [-0.4, -0.2) is 178 Å². The molecule has 0 aromatic rings. The molecule has 0 saturated carbocycles. The van der Waals surface area contributed by atoms with Crippen molar-refractivity contribution in [2.24, 2.45) is 40.9 Å². The number of carbonyl (C=O) groups excluding carboxylic acids is 10. The van der Waals surface area contributed by atoms with Crippen LogP contribution in [0.5, 0.6) is 0 Å². The Bertz CT molecular complexity index is 2030. The molecule has 0 spiro atoms. The second-order valence-electron chi connectivity index (χ2n) is 20.0. The topological polar surface area (TPSA) is 462 Å². The molecule has 0 unspecified atom stereocenters. The summed E-state index contributed by atoms with van der Waals surface area (Å²) in [5, 5.41) is 60.6. The van der Waals surface area contributed by atoms with Crippen LogP contribution >= 0.6 is 0 Å². The Labute approximate surface area is 443 Å². The molecule has 1 saturated heterocycles. The van der Waals surface area contributed by atoms with Crippen LogP contribution in [-0.2, 0) is 52.7 Å². The number of aliphatic hydroxyl groups is 2. The van der Waals surface area contributed by atoms with Gasteiger partial charge in [0.2, 0.25) is 59.1 Å². The van der Waals surface area contributed by atoms with Crippen molar-refractivity contribution in [3.8, 4) is 0 Å². The fourth-order valence-corrected chi connectivity index (χ4v) is 8.09. The summed E-state index contributed by atoms with van der Waals surface area (Å²) in [6.07, 6.45) is -0.745. The molecule has 1 fully saturated rings. The van der Waals surface area contributed by atoms with Crippen LogP contribution in [0.1, 0.15) is 120 Å². The Hall–Kier alpha value is -6.68. The molecule has 0 aliphatic carbocycles. The van der Waals surface area contributed by atoms with E-state index < -0.39 is 144 Å². The van der Waals surface area contributed by atoms with E-state index in [2.05, 4.69) is 47.9 Å². The molecule has 28 nitrogen and oxygen atoms in total. The van der Waals surface area contributed by atoms with Crippen molar-refractivity contribution in [3.63, 3.8) is 0 Å². The van der Waals surface area contributed by atoms with Crippen molar-refractivity contribution < 1.29 is 68.1 Å². The minimum atomic E-state index is -1.73. The fraction of sp³-hybridized carbons (Fsp3) is 0.750. The molecule has 0 aromatic heterocycles. The van der Waals surface area contributed by atoms with Gasteiger partial charge in [0, 0.05) is 19.5 Å². The summed E-state index contributed by atoms with van der Waals surface area (Å²) in [5.41, 5.74) is 16.0. The third kappa shape index (κ3) is 22.3. The van der Waals surface area contributed by atoms with Gasteiger partial charge >= 0.3 is 5.97 Å². The molecule has 10 amide bonds. The molecule has 28 heteroatoms. The Kier molecular flexibility index (Phi) is 29.6. The molecular weight excluding hydrogens is 997 g/mol. The van der Waals surface area contributed by atoms with Gasteiger partial charge in [0.25, 0.3) is 0 Å². The third-order valence-corrected chi connectivity index (χ3v) is 13.0. The van der Waals surface area contributed by atoms with Crippen molar-refractivity contribution in [2.75, 3.05) is 26.2 Å². The molecular formula is C48H86N14O14. The highest BCUT2D eigenvalue weighted by atomic mass is 16.4. The highest BCUT2D eigenvalue weighted by Crippen LogP contribution is 2.23. The quantitative estimate of drug-likeness (QED) is 0.0164. The lowest BCUT2D eigenvalue weighted by Gasteiger charge is -2.33. The molecule has 0 bridgehead atoms. The van der Waals surface area contributed by atoms with Crippen molar-refractivity contribution in [1.82, 2.24) is 52.8 Å². The lowest BCUT2D eigenvalue weighted by molar-refractivity contribution is -0.143. The zero-order chi connectivity index (χ0) is 58.1. The Morgan fingerprint density at radius 3 is 1.67 bits per heavy atom. The zero-order valence-electron chi connectivity index (χ0n) is 45.3. The molecule has 1 rings (SSSR count). The largest absolute Gasteiger partial charge is 0.480 e. The molecule has 19 N–H and O–H groups in total. The summed E-state index contributed by atoms with van der Waals surface area (Å²) < 4.78 is 0. The second-order valence-corrected chi connectivity index (χ2v) is 20.0. The average molecular weight is 1080 g/mol. The van der Waals surface area contributed by atoms with E-state index in [0.29, 0.717) is 19.3 Å². The van der Waals surface area contributed by atoms with Gasteiger partial charge in [0.05, 0.1) is 19.3 Å². The number of carboxylic acids is 1. The number of hydrogen-bond acceptors (Lipinski definition) is 15. The van der Waals surface area contributed by atoms with Crippen LogP contribution in [0.2, 0.25) is 0 Å². The van der Waals surface area contributed by atoms with E-state index in [1.54, 1.807) is 48.5 Å². The minimum absolute atomic E-state index is 0.0304. The SMILES string of the molecule is CC[C@H](C)[C@H](NC(=O)[C@@H]1CCCN1C(=O)[C@@H](NC(=O)CN)[C@@H](C)CC)C(=O)N[C@H](C(=O)N[C@H](C(=O)N[C@@H](CC(C)C)C(=O)N[C@@H](CO)C(=O)N[C@@H](CCCNC(=N)N)C(=O)N[C@@H](CCC(N)=O)C(=O)O)C(C)C)[C@@H](C)O. The predicted molar refractivity (Wildman–Crippen MR) is 276 cm³/mol. The zero-order valence-corrected chi connectivity index (χ0v) is 45.3. The first-order valence-corrected chi connectivity index (χ1v) is 25.9. The summed E-state index contributed by atoms with van der Waals surface area (Å²) in [4.78, 5) is 147. The van der Waals surface area contributed by atoms with E-state index in [1.807, 2.05) is 6.92 Å². The van der Waals surface area contributed by atoms with Crippen LogP contribution < -0.4 is 65.1 Å². The number of likely N-dealkylation sites (tertiary alicyclic amines) is 1. The number of amides is 10. The molecule has 0 radical (unpaired) electrons. The van der Waals surface area contributed by atoms with Gasteiger partial charge in [-0.3, -0.25) is 53.4 Å². The lowest BCUT2D eigenvalue weighted by atomic mass is 9.96. The number of rotatable bonds is 34. The van der Waals surface area contributed by atoms with Gasteiger partial charge in [-0.05, 0) is 69.1 Å². The number of guanidine groups is 1. The minimum Gasteiger partial charge on any atom is -0.480 e. The first-order valence-electron chi connectivity index (χ1n) is 25.9. The Morgan fingerprint density at radius 1 is 0.645 bits per heavy atom. The Balaban J connectivity index is 3.33. The van der Waals surface area contributed by atoms with Crippen LogP contribution in [0.3, 0.4) is 0 Å². The van der Waals surface area contributed by atoms with Gasteiger partial charge in [-0.2, -0.15) is 0 Å². The van der Waals surface area contributed by atoms with Crippen LogP contribution in [0.4, 0.5) is 0 Å². The van der Waals surface area contributed by atoms with Gasteiger partial charge in [0.1, 0.15) is 54.4 Å². The van der Waals surface area contributed by atoms with Crippen molar-refractivity contribution >= 4 is 71.0 Å². The fourth-order valence-electron chi connectivity index (χ4n) is 8.09. The van der Waals surface area contributed by atoms with Gasteiger partial charge in [-0.25, -0.2) is 4.79 Å². The maximum absolute atomic E-state index is 14.0. The number of aliphatic hydroxyl groups excluding tert-OH is 2. The first kappa shape index (κ1) is 67.3. The normalized spacial score (nSPS) is 17.6. The summed E-state index contributed by atoms with van der Waals surface area (Å²) in [6.45, 7) is 13.8. The monoisotopic (exact) mass is 1080 g/mol. The Morgan fingerprint density at radius 2 is 1.16 bits per heavy atom. The van der Waals surface area contributed by atoms with Crippen molar-refractivity contribution in [2.45, 2.75) is 181 Å². The standard InChI is InChI=1S/C48H86N14O14/c1-10-25(7)36(60-42(70)32-15-13-19-62(32)46(74)37(26(8)11-2)58-34(66)21-49)44(72)61-38(27(9)64)45(73)59-35(24(5)6)43(71)56-30(20-23(3)4)40(68)57-31(22-63)41(69)54-28(14-12-18-53-48(51)52)39(67)55-29(47(75)76)16-17-33(50)65/h23-32,35-38,63-64H,10-22,49H2,1-9H3,(H2,50,65)(H,54,69)(H,55,67)(H,56,71)(H,57,68)(H,58,66)(H,59,73)(H,60,70)(H,61,72)(H,75,76)(H4,51,52,53)/t25-,26-,27+,28-,29-,30-,31-,32-,35-,36-,37-,38-/m0/s1. The van der Waals surface area contributed by atoms with Crippen LogP contribution in [0, 0.1) is 29.1 Å². The molecule has 0 aromatic carbocycles. The van der Waals surface area contributed by atoms with Gasteiger partial charge in [-0.1, -0.05) is 68.2 Å². The number of nitrogens with zero attached hydrogens (tertiary/aromatic N) is 1. The van der Waals surface area contributed by atoms with E-state index in [0.717, 1.165) is 0 Å². The van der Waals surface area contributed by atoms with Gasteiger partial charge in [0.15, 0.2) is 5.96 Å². The van der Waals surface area contributed by atoms with Crippen LogP contribution in [0.25, 0.3) is 0 Å². The summed E-state index contributed by atoms with van der Waals surface area (Å²) in [5.74, 6) is -11.9. The predicted octanol–water partition coefficient (Wildman–Crippen LogP) is -4.40. The molecule has 1 heterocycles. The number of hydrogen-bond donors (Lipinski definition) is 16. The number of carboxylic acid groups (broad SMARTS) is 1. The summed E-state index contributed by atoms with van der Waals surface area (Å²) >= 11 is 0. The maximum Gasteiger partial charge on any atom is 0.326 e. The first-order chi connectivity index (χ1) is 35.5. The third-order valence-electron chi connectivity index (χ3n) is 13.0. The van der Waals surface area contributed by atoms with Gasteiger partial charge in [-0.15, -0.1) is 0 Å². The average Bonchev–Trinajstić information content (AvgIpc) is 3.85. The highest BCUT2D eigenvalue weighted by Gasteiger charge is 2.42. The smallest absolute Gasteiger partial charge is 0.326 e. The summed E-state index contributed by atoms with van der Waals surface area (Å²) in [6, 6.07) is -12.5. The molecule has 76 heavy (non-hydrogen) atoms. The molecule has 432 valence electrons. The number of nitrogens with one attached hydrogen (secondary N) is 10. The van der Waals surface area contributed by atoms with Crippen LogP contribution in [0.15, 0.2) is 0 Å². The lowest BCUT2D eigenvalue weighted by Crippen LogP contribution is -2.63. The van der Waals surface area contributed by atoms with E-state index in [4.69, 9.17) is 22.6 Å². The van der Waals surface area contributed by atoms with E-state index in [1.165, 1.54) is 11.8 Å². The number of carbonyl (C=O) groups is 11. The number of aliphatic carboxylic acids is 1. The van der Waals surface area contributed by atoms with Crippen molar-refractivity contribution in [1.29, 1.82) is 5.41 Å². The molecule has 1 aliphatic rings. The maximum atomic E-state index is 14.0.